The molecule has 0 aromatic heterocycles. The molecule has 0 radical (unpaired) electrons. The molecule has 1 heterocycles. The fourth-order valence-corrected chi connectivity index (χ4v) is 6.60. The summed E-state index contributed by atoms with van der Waals surface area (Å²) in [5.74, 6) is -2.40. The molecule has 0 aliphatic carbocycles. The molecule has 5 rings (SSSR count). The number of hydrogen-bond acceptors (Lipinski definition) is 10. The van der Waals surface area contributed by atoms with Crippen molar-refractivity contribution in [3.63, 3.8) is 0 Å². The summed E-state index contributed by atoms with van der Waals surface area (Å²) in [5, 5.41) is 8.14. The Kier molecular flexibility index (Phi) is 17.8. The van der Waals surface area contributed by atoms with E-state index in [2.05, 4.69) is 16.0 Å². The molecule has 4 aromatic carbocycles. The maximum Gasteiger partial charge on any atom is 0.408 e. The molecule has 3 N–H and O–H groups in total. The van der Waals surface area contributed by atoms with Crippen molar-refractivity contribution in [1.29, 1.82) is 0 Å². The van der Waals surface area contributed by atoms with Crippen LogP contribution in [0.3, 0.4) is 0 Å². The Morgan fingerprint density at radius 1 is 0.689 bits per heavy atom. The van der Waals surface area contributed by atoms with Gasteiger partial charge in [-0.3, -0.25) is 9.59 Å². The van der Waals surface area contributed by atoms with Gasteiger partial charge in [-0.2, -0.15) is 0 Å². The van der Waals surface area contributed by atoms with E-state index >= 15 is 0 Å². The first-order valence-corrected chi connectivity index (χ1v) is 20.7. The van der Waals surface area contributed by atoms with E-state index in [-0.39, 0.29) is 38.8 Å². The van der Waals surface area contributed by atoms with E-state index in [9.17, 15) is 19.2 Å². The highest BCUT2D eigenvalue weighted by Crippen LogP contribution is 2.27. The molecule has 13 nitrogen and oxygen atoms in total. The first-order valence-electron chi connectivity index (χ1n) is 20.7. The minimum Gasteiger partial charge on any atom is -0.458 e. The molecule has 13 heteroatoms. The average Bonchev–Trinajstić information content (AvgIpc) is 3.24. The number of carbonyl (C=O) groups is 4. The number of alkyl carbamates (subject to hydrolysis) is 1. The van der Waals surface area contributed by atoms with Gasteiger partial charge in [-0.1, -0.05) is 135 Å². The lowest BCUT2D eigenvalue weighted by Gasteiger charge is -2.41. The second kappa shape index (κ2) is 23.4. The van der Waals surface area contributed by atoms with Gasteiger partial charge in [-0.05, 0) is 48.9 Å². The number of hydrogen-bond donors (Lipinski definition) is 3. The maximum atomic E-state index is 14.0. The largest absolute Gasteiger partial charge is 0.458 e. The molecule has 326 valence electrons. The molecule has 1 saturated heterocycles. The minimum atomic E-state index is -1.44. The van der Waals surface area contributed by atoms with Gasteiger partial charge < -0.3 is 44.4 Å². The van der Waals surface area contributed by atoms with Gasteiger partial charge in [0.05, 0.1) is 39.0 Å². The lowest BCUT2D eigenvalue weighted by atomic mass is 9.99. The van der Waals surface area contributed by atoms with Crippen molar-refractivity contribution in [3.05, 3.63) is 144 Å². The van der Waals surface area contributed by atoms with E-state index in [4.69, 9.17) is 28.4 Å². The van der Waals surface area contributed by atoms with Crippen LogP contribution in [0, 0.1) is 5.92 Å². The molecule has 0 unspecified atom stereocenters. The number of carbonyl (C=O) groups excluding carboxylic acids is 4. The quantitative estimate of drug-likeness (QED) is 0.0811. The molecule has 1 aliphatic heterocycles. The Labute approximate surface area is 358 Å². The zero-order chi connectivity index (χ0) is 43.6. The molecule has 3 amide bonds. The lowest BCUT2D eigenvalue weighted by molar-refractivity contribution is -0.225. The predicted molar refractivity (Wildman–Crippen MR) is 228 cm³/mol. The third-order valence-corrected chi connectivity index (χ3v) is 9.66. The van der Waals surface area contributed by atoms with Gasteiger partial charge in [0.15, 0.2) is 0 Å². The molecule has 1 fully saturated rings. The highest BCUT2D eigenvalue weighted by Gasteiger charge is 2.42. The summed E-state index contributed by atoms with van der Waals surface area (Å²) in [5.41, 5.74) is 2.82. The van der Waals surface area contributed by atoms with Gasteiger partial charge in [0.25, 0.3) is 0 Å². The van der Waals surface area contributed by atoms with Gasteiger partial charge >= 0.3 is 12.1 Å². The monoisotopic (exact) mass is 837 g/mol. The number of rotatable bonds is 20. The third kappa shape index (κ3) is 16.1. The lowest BCUT2D eigenvalue weighted by Crippen LogP contribution is -2.58. The Balaban J connectivity index is 1.34. The number of amides is 3. The highest BCUT2D eigenvalue weighted by molar-refractivity contribution is 5.93. The molecular weight excluding hydrogens is 779 g/mol. The number of ether oxygens (including phenoxy) is 6. The maximum absolute atomic E-state index is 14.0. The van der Waals surface area contributed by atoms with Crippen LogP contribution in [0.5, 0.6) is 0 Å². The van der Waals surface area contributed by atoms with Gasteiger partial charge in [0.2, 0.25) is 11.8 Å². The van der Waals surface area contributed by atoms with Gasteiger partial charge in [0, 0.05) is 6.42 Å². The van der Waals surface area contributed by atoms with Crippen molar-refractivity contribution in [3.8, 4) is 0 Å². The molecule has 0 spiro atoms. The van der Waals surface area contributed by atoms with Crippen LogP contribution in [0.2, 0.25) is 0 Å². The van der Waals surface area contributed by atoms with E-state index in [1.165, 1.54) is 0 Å². The van der Waals surface area contributed by atoms with Crippen LogP contribution in [0.25, 0.3) is 0 Å². The summed E-state index contributed by atoms with van der Waals surface area (Å²) in [7, 11) is 0. The molecule has 61 heavy (non-hydrogen) atoms. The van der Waals surface area contributed by atoms with E-state index < -0.39 is 72.5 Å². The second-order valence-electron chi connectivity index (χ2n) is 16.3. The van der Waals surface area contributed by atoms with Crippen LogP contribution < -0.4 is 16.0 Å². The fourth-order valence-electron chi connectivity index (χ4n) is 6.60. The van der Waals surface area contributed by atoms with E-state index in [1.54, 1.807) is 46.8 Å². The highest BCUT2D eigenvalue weighted by atomic mass is 16.6. The zero-order valence-electron chi connectivity index (χ0n) is 35.6. The van der Waals surface area contributed by atoms with Gasteiger partial charge in [-0.15, -0.1) is 0 Å². The van der Waals surface area contributed by atoms with Crippen LogP contribution in [-0.2, 0) is 69.2 Å². The Bertz CT molecular complexity index is 1940. The van der Waals surface area contributed by atoms with E-state index in [0.29, 0.717) is 6.61 Å². The van der Waals surface area contributed by atoms with Crippen LogP contribution in [-0.4, -0.2) is 72.7 Å². The Morgan fingerprint density at radius 2 is 1.20 bits per heavy atom. The minimum absolute atomic E-state index is 0.0682. The topological polar surface area (TPSA) is 160 Å². The third-order valence-electron chi connectivity index (χ3n) is 9.66. The smallest absolute Gasteiger partial charge is 0.408 e. The van der Waals surface area contributed by atoms with Crippen LogP contribution >= 0.6 is 0 Å². The summed E-state index contributed by atoms with van der Waals surface area (Å²) < 4.78 is 36.8. The zero-order valence-corrected chi connectivity index (χ0v) is 35.6. The normalized spacial score (nSPS) is 18.7. The van der Waals surface area contributed by atoms with Crippen molar-refractivity contribution in [2.45, 2.75) is 116 Å². The number of esters is 1. The van der Waals surface area contributed by atoms with Crippen molar-refractivity contribution in [1.82, 2.24) is 16.0 Å². The van der Waals surface area contributed by atoms with Crippen molar-refractivity contribution in [2.75, 3.05) is 6.61 Å². The Morgan fingerprint density at radius 3 is 1.72 bits per heavy atom. The molecule has 4 aromatic rings. The summed E-state index contributed by atoms with van der Waals surface area (Å²) in [6.07, 6.45) is -3.96. The van der Waals surface area contributed by atoms with Crippen molar-refractivity contribution >= 4 is 23.9 Å². The number of nitrogens with one attached hydrogen (secondary N) is 3. The molecular formula is C48H59N3O10. The Hall–Kier alpha value is -5.60. The van der Waals surface area contributed by atoms with Crippen LogP contribution in [0.4, 0.5) is 4.79 Å². The van der Waals surface area contributed by atoms with Gasteiger partial charge in [0.1, 0.15) is 42.7 Å². The van der Waals surface area contributed by atoms with Crippen molar-refractivity contribution in [2.24, 2.45) is 5.92 Å². The fraction of sp³-hybridized carbons (Fsp3) is 0.417. The first-order chi connectivity index (χ1) is 29.3. The molecule has 0 saturated carbocycles. The summed E-state index contributed by atoms with van der Waals surface area (Å²) in [6.45, 7) is 9.63. The van der Waals surface area contributed by atoms with Crippen LogP contribution in [0.15, 0.2) is 121 Å². The van der Waals surface area contributed by atoms with Gasteiger partial charge in [-0.25, -0.2) is 9.59 Å². The predicted octanol–water partition coefficient (Wildman–Crippen LogP) is 6.77. The number of benzene rings is 4. The van der Waals surface area contributed by atoms with Crippen LogP contribution in [0.1, 0.15) is 69.7 Å². The SMILES string of the molecule is CC(C)[C@H](NC(=O)[C@H](CC(=O)N[C@@H]1C[C@@H](OCc2ccccc2)[C@@H](OCc2ccccc2)[C@@H](COCc2ccccc2)O1)NC(=O)OCc1ccccc1)C(=O)OC(C)(C)C. The summed E-state index contributed by atoms with van der Waals surface area (Å²) in [4.78, 5) is 54.1. The molecule has 6 atom stereocenters. The molecule has 1 aliphatic rings. The molecule has 0 bridgehead atoms. The first kappa shape index (κ1) is 46.5. The van der Waals surface area contributed by atoms with Crippen molar-refractivity contribution < 1.29 is 47.6 Å². The average molecular weight is 838 g/mol. The summed E-state index contributed by atoms with van der Waals surface area (Å²) in [6, 6.07) is 35.8. The second-order valence-corrected chi connectivity index (χ2v) is 16.3. The van der Waals surface area contributed by atoms with E-state index in [1.807, 2.05) is 109 Å². The standard InChI is InChI=1S/C48H59N3O10/c1-33(2)43(46(54)61-48(3,4)5)51-45(53)38(49-47(55)59-31-37-24-16-9-17-25-37)26-41(52)50-42-27-39(57-29-35-20-12-7-13-21-35)44(58-30-36-22-14-8-15-23-36)40(60-42)32-56-28-34-18-10-6-11-19-34/h6-25,33,38-40,42-44H,26-32H2,1-5H3,(H,49,55)(H,50,52)(H,51,53)/t38-,39+,40+,42-,43-,44+/m0/s1. The van der Waals surface area contributed by atoms with E-state index in [0.717, 1.165) is 22.3 Å². The summed E-state index contributed by atoms with van der Waals surface area (Å²) >= 11 is 0.